The maximum Gasteiger partial charge on any atom is 0.261 e. The zero-order valence-electron chi connectivity index (χ0n) is 17.9. The molecule has 164 valence electrons. The number of H-pyrrole nitrogens is 1. The number of nitrogens with one attached hydrogen (secondary N) is 2. The van der Waals surface area contributed by atoms with Crippen molar-refractivity contribution >= 4 is 27.8 Å². The van der Waals surface area contributed by atoms with Crippen molar-refractivity contribution in [3.63, 3.8) is 0 Å². The standard InChI is InChI=1S/C26H23N5O2/c32-24(14-15-31-17-27-20-11-5-4-10-19(20)26(31)33)28-23(16-18-8-2-1-3-9-18)25-29-21-12-6-7-13-22(21)30-25/h1-13,17,23H,14-16H2,(H,28,32)(H,29,30)/t23-/m1/s1. The number of rotatable bonds is 7. The van der Waals surface area contributed by atoms with Crippen LogP contribution < -0.4 is 10.9 Å². The summed E-state index contributed by atoms with van der Waals surface area (Å²) in [5, 5.41) is 3.65. The molecule has 0 radical (unpaired) electrons. The second-order valence-electron chi connectivity index (χ2n) is 7.96. The molecule has 0 bridgehead atoms. The summed E-state index contributed by atoms with van der Waals surface area (Å²) in [5.74, 6) is 0.550. The molecular weight excluding hydrogens is 414 g/mol. The Balaban J connectivity index is 1.34. The van der Waals surface area contributed by atoms with Crippen molar-refractivity contribution < 1.29 is 4.79 Å². The molecule has 0 aliphatic carbocycles. The summed E-state index contributed by atoms with van der Waals surface area (Å²) in [6.45, 7) is 0.251. The summed E-state index contributed by atoms with van der Waals surface area (Å²) in [5.41, 5.74) is 3.38. The third-order valence-corrected chi connectivity index (χ3v) is 5.67. The molecule has 1 amide bonds. The van der Waals surface area contributed by atoms with Crippen LogP contribution in [0.4, 0.5) is 0 Å². The van der Waals surface area contributed by atoms with E-state index in [4.69, 9.17) is 4.98 Å². The highest BCUT2D eigenvalue weighted by atomic mass is 16.2. The average molecular weight is 438 g/mol. The van der Waals surface area contributed by atoms with Crippen molar-refractivity contribution in [2.75, 3.05) is 0 Å². The molecule has 0 saturated heterocycles. The van der Waals surface area contributed by atoms with Gasteiger partial charge in [0, 0.05) is 13.0 Å². The Morgan fingerprint density at radius 1 is 0.939 bits per heavy atom. The highest BCUT2D eigenvalue weighted by Crippen LogP contribution is 2.20. The van der Waals surface area contributed by atoms with E-state index in [9.17, 15) is 9.59 Å². The normalized spacial score (nSPS) is 12.1. The molecule has 0 aliphatic rings. The number of hydrogen-bond donors (Lipinski definition) is 2. The number of aryl methyl sites for hydroxylation is 1. The summed E-state index contributed by atoms with van der Waals surface area (Å²) in [6, 6.07) is 24.7. The molecule has 0 fully saturated rings. The first kappa shape index (κ1) is 20.6. The maximum atomic E-state index is 12.9. The quantitative estimate of drug-likeness (QED) is 0.405. The van der Waals surface area contributed by atoms with Crippen LogP contribution in [0.25, 0.3) is 21.9 Å². The monoisotopic (exact) mass is 437 g/mol. The molecule has 33 heavy (non-hydrogen) atoms. The Morgan fingerprint density at radius 3 is 2.48 bits per heavy atom. The van der Waals surface area contributed by atoms with Crippen LogP contribution in [0.5, 0.6) is 0 Å². The predicted molar refractivity (Wildman–Crippen MR) is 128 cm³/mol. The van der Waals surface area contributed by atoms with Crippen LogP contribution in [0.2, 0.25) is 0 Å². The topological polar surface area (TPSA) is 92.7 Å². The van der Waals surface area contributed by atoms with Crippen LogP contribution in [0, 0.1) is 0 Å². The van der Waals surface area contributed by atoms with Gasteiger partial charge in [-0.1, -0.05) is 54.6 Å². The van der Waals surface area contributed by atoms with Gasteiger partial charge in [-0.25, -0.2) is 9.97 Å². The summed E-state index contributed by atoms with van der Waals surface area (Å²) in [6.07, 6.45) is 2.26. The summed E-state index contributed by atoms with van der Waals surface area (Å²) in [7, 11) is 0. The first-order chi connectivity index (χ1) is 16.2. The Labute approximate surface area is 190 Å². The van der Waals surface area contributed by atoms with E-state index in [1.807, 2.05) is 66.7 Å². The Bertz CT molecular complexity index is 1440. The molecule has 0 unspecified atom stereocenters. The second-order valence-corrected chi connectivity index (χ2v) is 7.96. The molecule has 7 nitrogen and oxygen atoms in total. The first-order valence-electron chi connectivity index (χ1n) is 10.9. The lowest BCUT2D eigenvalue weighted by atomic mass is 10.1. The number of aromatic amines is 1. The Kier molecular flexibility index (Phi) is 5.68. The van der Waals surface area contributed by atoms with Crippen molar-refractivity contribution in [1.29, 1.82) is 0 Å². The second kappa shape index (κ2) is 9.08. The van der Waals surface area contributed by atoms with E-state index in [1.165, 1.54) is 10.9 Å². The molecule has 0 saturated carbocycles. The number of hydrogen-bond acceptors (Lipinski definition) is 4. The molecule has 0 spiro atoms. The van der Waals surface area contributed by atoms with Gasteiger partial charge in [-0.3, -0.25) is 14.2 Å². The Morgan fingerprint density at radius 2 is 1.67 bits per heavy atom. The third kappa shape index (κ3) is 4.52. The molecule has 1 atom stereocenters. The average Bonchev–Trinajstić information content (AvgIpc) is 3.28. The summed E-state index contributed by atoms with van der Waals surface area (Å²) in [4.78, 5) is 37.9. The van der Waals surface area contributed by atoms with Crippen LogP contribution >= 0.6 is 0 Å². The fourth-order valence-electron chi connectivity index (χ4n) is 3.96. The largest absolute Gasteiger partial charge is 0.346 e. The smallest absolute Gasteiger partial charge is 0.261 e. The van der Waals surface area contributed by atoms with E-state index in [2.05, 4.69) is 15.3 Å². The van der Waals surface area contributed by atoms with Gasteiger partial charge >= 0.3 is 0 Å². The van der Waals surface area contributed by atoms with Gasteiger partial charge < -0.3 is 10.3 Å². The van der Waals surface area contributed by atoms with Crippen LogP contribution in [0.1, 0.15) is 23.9 Å². The predicted octanol–water partition coefficient (Wildman–Crippen LogP) is 3.76. The molecule has 2 heterocycles. The zero-order chi connectivity index (χ0) is 22.6. The minimum Gasteiger partial charge on any atom is -0.346 e. The van der Waals surface area contributed by atoms with Crippen LogP contribution in [-0.4, -0.2) is 25.4 Å². The number of carbonyl (C=O) groups is 1. The van der Waals surface area contributed by atoms with Crippen molar-refractivity contribution in [3.05, 3.63) is 107 Å². The van der Waals surface area contributed by atoms with Crippen molar-refractivity contribution in [1.82, 2.24) is 24.8 Å². The first-order valence-corrected chi connectivity index (χ1v) is 10.9. The summed E-state index contributed by atoms with van der Waals surface area (Å²) < 4.78 is 1.48. The number of fused-ring (bicyclic) bond motifs is 2. The van der Waals surface area contributed by atoms with E-state index >= 15 is 0 Å². The number of imidazole rings is 1. The number of para-hydroxylation sites is 3. The van der Waals surface area contributed by atoms with E-state index in [-0.39, 0.29) is 30.5 Å². The van der Waals surface area contributed by atoms with Gasteiger partial charge in [0.15, 0.2) is 0 Å². The fraction of sp³-hybridized carbons (Fsp3) is 0.154. The highest BCUT2D eigenvalue weighted by Gasteiger charge is 2.19. The molecule has 0 aliphatic heterocycles. The van der Waals surface area contributed by atoms with Gasteiger partial charge in [-0.2, -0.15) is 0 Å². The molecular formula is C26H23N5O2. The number of aromatic nitrogens is 4. The molecule has 7 heteroatoms. The van der Waals surface area contributed by atoms with E-state index in [1.54, 1.807) is 12.1 Å². The van der Waals surface area contributed by atoms with Crippen LogP contribution in [0.3, 0.4) is 0 Å². The van der Waals surface area contributed by atoms with Gasteiger partial charge in [-0.15, -0.1) is 0 Å². The van der Waals surface area contributed by atoms with Gasteiger partial charge in [0.2, 0.25) is 5.91 Å². The molecule has 5 aromatic rings. The molecule has 2 N–H and O–H groups in total. The number of carbonyl (C=O) groups excluding carboxylic acids is 1. The third-order valence-electron chi connectivity index (χ3n) is 5.67. The lowest BCUT2D eigenvalue weighted by Crippen LogP contribution is -2.32. The van der Waals surface area contributed by atoms with E-state index in [0.717, 1.165) is 16.6 Å². The SMILES string of the molecule is O=C(CCn1cnc2ccccc2c1=O)N[C@H](Cc1ccccc1)c1nc2ccccc2[nH]1. The molecule has 2 aromatic heterocycles. The summed E-state index contributed by atoms with van der Waals surface area (Å²) >= 11 is 0. The molecule has 3 aromatic carbocycles. The number of benzene rings is 3. The number of amides is 1. The molecule has 5 rings (SSSR count). The van der Waals surface area contributed by atoms with E-state index in [0.29, 0.717) is 23.1 Å². The number of nitrogens with zero attached hydrogens (tertiary/aromatic N) is 3. The van der Waals surface area contributed by atoms with Crippen molar-refractivity contribution in [2.24, 2.45) is 0 Å². The lowest BCUT2D eigenvalue weighted by Gasteiger charge is -2.17. The van der Waals surface area contributed by atoms with Gasteiger partial charge in [0.05, 0.1) is 34.3 Å². The highest BCUT2D eigenvalue weighted by molar-refractivity contribution is 5.78. The van der Waals surface area contributed by atoms with Crippen LogP contribution in [-0.2, 0) is 17.8 Å². The fourth-order valence-corrected chi connectivity index (χ4v) is 3.96. The van der Waals surface area contributed by atoms with Crippen LogP contribution in [0.15, 0.2) is 90.0 Å². The minimum atomic E-state index is -0.321. The Hall–Kier alpha value is -4.26. The zero-order valence-corrected chi connectivity index (χ0v) is 17.9. The van der Waals surface area contributed by atoms with Gasteiger partial charge in [0.1, 0.15) is 5.82 Å². The van der Waals surface area contributed by atoms with Gasteiger partial charge in [-0.05, 0) is 36.2 Å². The van der Waals surface area contributed by atoms with Gasteiger partial charge in [0.25, 0.3) is 5.56 Å². The van der Waals surface area contributed by atoms with Crippen molar-refractivity contribution in [3.8, 4) is 0 Å². The van der Waals surface area contributed by atoms with Crippen molar-refractivity contribution in [2.45, 2.75) is 25.4 Å². The van der Waals surface area contributed by atoms with E-state index < -0.39 is 0 Å². The minimum absolute atomic E-state index is 0.147. The maximum absolute atomic E-state index is 12.9. The lowest BCUT2D eigenvalue weighted by molar-refractivity contribution is -0.122.